The topological polar surface area (TPSA) is 97.2 Å². The molecule has 0 aliphatic carbocycles. The summed E-state index contributed by atoms with van der Waals surface area (Å²) in [7, 11) is 2.06. The lowest BCUT2D eigenvalue weighted by molar-refractivity contribution is -0.116. The van der Waals surface area contributed by atoms with E-state index in [0.29, 0.717) is 54.9 Å². The van der Waals surface area contributed by atoms with E-state index in [1.165, 1.54) is 6.07 Å². The number of piperazine rings is 2. The number of hydrogen-bond acceptors (Lipinski definition) is 8. The summed E-state index contributed by atoms with van der Waals surface area (Å²) in [5.41, 5.74) is 3.46. The normalized spacial score (nSPS) is 19.3. The van der Waals surface area contributed by atoms with Gasteiger partial charge in [-0.25, -0.2) is 9.37 Å². The molecule has 0 radical (unpaired) electrons. The number of nitrogens with one attached hydrogen (secondary N) is 1. The molecule has 0 bridgehead atoms. The molecule has 228 valence electrons. The quantitative estimate of drug-likeness (QED) is 0.413. The molecule has 0 saturated carbocycles. The van der Waals surface area contributed by atoms with Gasteiger partial charge in [0.15, 0.2) is 0 Å². The number of aliphatic hydroxyl groups is 1. The van der Waals surface area contributed by atoms with Crippen molar-refractivity contribution in [2.75, 3.05) is 89.3 Å². The lowest BCUT2D eigenvalue weighted by atomic mass is 10.1. The molecule has 0 atom stereocenters. The van der Waals surface area contributed by atoms with Crippen LogP contribution in [0.5, 0.6) is 0 Å². The van der Waals surface area contributed by atoms with Crippen LogP contribution in [-0.2, 0) is 11.3 Å². The number of anilines is 2. The lowest BCUT2D eigenvalue weighted by Gasteiger charge is -2.34. The van der Waals surface area contributed by atoms with Crippen molar-refractivity contribution < 1.29 is 14.3 Å². The third-order valence-corrected chi connectivity index (χ3v) is 8.83. The Morgan fingerprint density at radius 2 is 1.67 bits per heavy atom. The first kappa shape index (κ1) is 29.4. The fourth-order valence-electron chi connectivity index (χ4n) is 6.18. The van der Waals surface area contributed by atoms with Crippen LogP contribution in [0.25, 0.3) is 22.6 Å². The molecule has 3 aromatic rings. The number of halogens is 1. The monoisotopic (exact) mass is 589 g/mol. The number of β-amino-alcohol motifs (C(OH)–C–C–N with tert-alkyl or cyclic N) is 1. The van der Waals surface area contributed by atoms with Gasteiger partial charge in [-0.1, -0.05) is 12.1 Å². The number of nitrogens with zero attached hydrogens (tertiary/aromatic N) is 6. The number of aliphatic hydroxyl groups excluding tert-OH is 1. The first-order valence-electron chi connectivity index (χ1n) is 15.2. The van der Waals surface area contributed by atoms with Crippen LogP contribution >= 0.6 is 0 Å². The highest BCUT2D eigenvalue weighted by molar-refractivity contribution is 5.91. The Kier molecular flexibility index (Phi) is 8.85. The Hall–Kier alpha value is -3.64. The van der Waals surface area contributed by atoms with Crippen molar-refractivity contribution in [3.05, 3.63) is 64.0 Å². The third kappa shape index (κ3) is 6.65. The Morgan fingerprint density at radius 3 is 2.37 bits per heavy atom. The Bertz CT molecular complexity index is 1560. The van der Waals surface area contributed by atoms with Gasteiger partial charge in [0.2, 0.25) is 5.91 Å². The van der Waals surface area contributed by atoms with Gasteiger partial charge in [0.05, 0.1) is 23.2 Å². The van der Waals surface area contributed by atoms with Crippen LogP contribution in [0.1, 0.15) is 24.2 Å². The summed E-state index contributed by atoms with van der Waals surface area (Å²) in [6, 6.07) is 10.7. The van der Waals surface area contributed by atoms with E-state index in [1.807, 2.05) is 35.2 Å². The average molecular weight is 590 g/mol. The van der Waals surface area contributed by atoms with E-state index in [-0.39, 0.29) is 23.9 Å². The van der Waals surface area contributed by atoms with Gasteiger partial charge in [0.25, 0.3) is 5.56 Å². The zero-order valence-electron chi connectivity index (χ0n) is 24.8. The number of carbonyl (C=O) groups excluding carboxylic acids is 1. The number of benzene rings is 2. The SMILES string of the molecule is CN1CCN(c2cc3nc4n(c(=O)c3cc2F)CC/C4=C\c2ccc(NC(=O)CCN3CCN(CCO)CC3)cc2)CC1. The summed E-state index contributed by atoms with van der Waals surface area (Å²) >= 11 is 0. The lowest BCUT2D eigenvalue weighted by Crippen LogP contribution is -2.47. The van der Waals surface area contributed by atoms with Crippen molar-refractivity contribution in [3.63, 3.8) is 0 Å². The summed E-state index contributed by atoms with van der Waals surface area (Å²) in [6.45, 7) is 8.94. The minimum absolute atomic E-state index is 0.0172. The van der Waals surface area contributed by atoms with Crippen LogP contribution in [-0.4, -0.2) is 114 Å². The molecule has 1 amide bonds. The van der Waals surface area contributed by atoms with E-state index < -0.39 is 0 Å². The second kappa shape index (κ2) is 12.9. The van der Waals surface area contributed by atoms with E-state index in [2.05, 4.69) is 27.1 Å². The molecule has 11 heteroatoms. The number of allylic oxidation sites excluding steroid dienone is 1. The zero-order valence-corrected chi connectivity index (χ0v) is 24.8. The predicted molar refractivity (Wildman–Crippen MR) is 168 cm³/mol. The van der Waals surface area contributed by atoms with Crippen LogP contribution in [0.15, 0.2) is 41.2 Å². The molecular formula is C32H40FN7O3. The standard InChI is InChI=1S/C32H40FN7O3/c1-36-10-16-39(17-11-36)29-22-28-26(21-27(29)33)32(43)40-9-6-24(31(40)35-28)20-23-2-4-25(5-3-23)34-30(42)7-8-37-12-14-38(15-13-37)18-19-41/h2-5,20-22,41H,6-19H2,1H3,(H,34,42)/b24-20+. The Morgan fingerprint density at radius 1 is 0.977 bits per heavy atom. The first-order valence-corrected chi connectivity index (χ1v) is 15.2. The van der Waals surface area contributed by atoms with Crippen molar-refractivity contribution in [3.8, 4) is 0 Å². The largest absolute Gasteiger partial charge is 0.395 e. The second-order valence-electron chi connectivity index (χ2n) is 11.7. The first-order chi connectivity index (χ1) is 20.9. The van der Waals surface area contributed by atoms with Crippen molar-refractivity contribution in [1.29, 1.82) is 0 Å². The van der Waals surface area contributed by atoms with Crippen LogP contribution in [0.4, 0.5) is 15.8 Å². The number of rotatable bonds is 8. The van der Waals surface area contributed by atoms with E-state index in [4.69, 9.17) is 10.1 Å². The van der Waals surface area contributed by atoms with Gasteiger partial charge in [-0.15, -0.1) is 0 Å². The molecule has 0 spiro atoms. The minimum Gasteiger partial charge on any atom is -0.395 e. The molecule has 6 rings (SSSR count). The maximum atomic E-state index is 15.1. The second-order valence-corrected chi connectivity index (χ2v) is 11.7. The van der Waals surface area contributed by atoms with E-state index in [1.54, 1.807) is 10.6 Å². The number of aromatic nitrogens is 2. The molecule has 2 aromatic carbocycles. The van der Waals surface area contributed by atoms with Crippen molar-refractivity contribution in [2.24, 2.45) is 0 Å². The summed E-state index contributed by atoms with van der Waals surface area (Å²) in [6.07, 6.45) is 3.13. The molecule has 43 heavy (non-hydrogen) atoms. The van der Waals surface area contributed by atoms with E-state index in [0.717, 1.165) is 69.2 Å². The fourth-order valence-corrected chi connectivity index (χ4v) is 6.18. The van der Waals surface area contributed by atoms with Gasteiger partial charge in [-0.2, -0.15) is 0 Å². The van der Waals surface area contributed by atoms with Gasteiger partial charge >= 0.3 is 0 Å². The van der Waals surface area contributed by atoms with Gasteiger partial charge in [-0.05, 0) is 54.9 Å². The summed E-state index contributed by atoms with van der Waals surface area (Å²) < 4.78 is 16.7. The maximum Gasteiger partial charge on any atom is 0.261 e. The van der Waals surface area contributed by atoms with Gasteiger partial charge in [0, 0.05) is 84.1 Å². The molecule has 2 N–H and O–H groups in total. The smallest absolute Gasteiger partial charge is 0.261 e. The molecule has 3 aliphatic rings. The molecule has 2 fully saturated rings. The average Bonchev–Trinajstić information content (AvgIpc) is 3.41. The van der Waals surface area contributed by atoms with E-state index >= 15 is 4.39 Å². The van der Waals surface area contributed by atoms with Gasteiger partial charge in [-0.3, -0.25) is 19.1 Å². The van der Waals surface area contributed by atoms with Crippen LogP contribution in [0.3, 0.4) is 0 Å². The summed E-state index contributed by atoms with van der Waals surface area (Å²) in [5.74, 6) is 0.231. The molecule has 3 aliphatic heterocycles. The highest BCUT2D eigenvalue weighted by atomic mass is 19.1. The highest BCUT2D eigenvalue weighted by Crippen LogP contribution is 2.30. The fraction of sp³-hybridized carbons (Fsp3) is 0.469. The van der Waals surface area contributed by atoms with Crippen molar-refractivity contribution in [2.45, 2.75) is 19.4 Å². The minimum atomic E-state index is -0.380. The maximum absolute atomic E-state index is 15.1. The Balaban J connectivity index is 1.12. The molecule has 1 aromatic heterocycles. The molecule has 2 saturated heterocycles. The molecule has 10 nitrogen and oxygen atoms in total. The van der Waals surface area contributed by atoms with E-state index in [9.17, 15) is 9.59 Å². The van der Waals surface area contributed by atoms with Gasteiger partial charge in [0.1, 0.15) is 11.6 Å². The molecule has 4 heterocycles. The zero-order chi connectivity index (χ0) is 29.9. The van der Waals surface area contributed by atoms with Crippen LogP contribution < -0.4 is 15.8 Å². The summed E-state index contributed by atoms with van der Waals surface area (Å²) in [5, 5.41) is 12.4. The van der Waals surface area contributed by atoms with Crippen LogP contribution in [0.2, 0.25) is 0 Å². The number of carbonyl (C=O) groups is 1. The van der Waals surface area contributed by atoms with Crippen LogP contribution in [0, 0.1) is 5.82 Å². The highest BCUT2D eigenvalue weighted by Gasteiger charge is 2.24. The summed E-state index contributed by atoms with van der Waals surface area (Å²) in [4.78, 5) is 39.5. The third-order valence-electron chi connectivity index (χ3n) is 8.83. The number of hydrogen-bond donors (Lipinski definition) is 2. The number of fused-ring (bicyclic) bond motifs is 2. The molecule has 0 unspecified atom stereocenters. The number of likely N-dealkylation sites (N-methyl/N-ethyl adjacent to an activating group) is 1. The van der Waals surface area contributed by atoms with Crippen molar-refractivity contribution in [1.82, 2.24) is 24.3 Å². The predicted octanol–water partition coefficient (Wildman–Crippen LogP) is 2.17. The Labute approximate surface area is 251 Å². The van der Waals surface area contributed by atoms with Gasteiger partial charge < -0.3 is 25.1 Å². The van der Waals surface area contributed by atoms with Crippen molar-refractivity contribution >= 4 is 39.8 Å². The molecular weight excluding hydrogens is 549 g/mol. The number of amides is 1.